The lowest BCUT2D eigenvalue weighted by atomic mass is 10.1. The predicted octanol–water partition coefficient (Wildman–Crippen LogP) is 1.88. The van der Waals surface area contributed by atoms with Crippen LogP contribution in [0.25, 0.3) is 0 Å². The van der Waals surface area contributed by atoms with Crippen LogP contribution in [0.2, 0.25) is 0 Å². The summed E-state index contributed by atoms with van der Waals surface area (Å²) in [6, 6.07) is 8.49. The predicted molar refractivity (Wildman–Crippen MR) is 76.5 cm³/mol. The van der Waals surface area contributed by atoms with Crippen molar-refractivity contribution in [3.05, 3.63) is 46.2 Å². The van der Waals surface area contributed by atoms with Crippen molar-refractivity contribution in [2.45, 2.75) is 26.1 Å². The number of aliphatic hydroxyl groups excluding tert-OH is 1. The Kier molecular flexibility index (Phi) is 5.07. The monoisotopic (exact) mass is 324 g/mol. The van der Waals surface area contributed by atoms with Crippen molar-refractivity contribution in [3.63, 3.8) is 0 Å². The topological polar surface area (TPSA) is 63.0 Å². The maximum atomic E-state index is 8.81. The van der Waals surface area contributed by atoms with E-state index in [-0.39, 0.29) is 12.6 Å². The molecule has 0 aliphatic carbocycles. The quantitative estimate of drug-likeness (QED) is 0.851. The number of hydrogen-bond donors (Lipinski definition) is 2. The molecule has 102 valence electrons. The van der Waals surface area contributed by atoms with Gasteiger partial charge >= 0.3 is 0 Å². The first-order chi connectivity index (χ1) is 9.19. The molecule has 0 spiro atoms. The molecular weight excluding hydrogens is 308 g/mol. The molecule has 0 amide bonds. The molecule has 0 saturated carbocycles. The molecule has 1 aromatic carbocycles. The smallest absolute Gasteiger partial charge is 0.0965 e. The highest BCUT2D eigenvalue weighted by atomic mass is 79.9. The van der Waals surface area contributed by atoms with Gasteiger partial charge in [-0.25, -0.2) is 4.68 Å². The van der Waals surface area contributed by atoms with Crippen LogP contribution >= 0.6 is 15.9 Å². The highest BCUT2D eigenvalue weighted by molar-refractivity contribution is 9.10. The van der Waals surface area contributed by atoms with Crippen molar-refractivity contribution < 1.29 is 5.11 Å². The van der Waals surface area contributed by atoms with Gasteiger partial charge in [0.25, 0.3) is 0 Å². The Balaban J connectivity index is 1.88. The molecule has 0 saturated heterocycles. The number of aliphatic hydroxyl groups is 1. The number of aromatic nitrogens is 3. The maximum Gasteiger partial charge on any atom is 0.0965 e. The normalized spacial score (nSPS) is 12.6. The van der Waals surface area contributed by atoms with E-state index >= 15 is 0 Å². The summed E-state index contributed by atoms with van der Waals surface area (Å²) in [5.41, 5.74) is 2.10. The second-order valence-corrected chi connectivity index (χ2v) is 5.27. The zero-order chi connectivity index (χ0) is 13.7. The first-order valence-electron chi connectivity index (χ1n) is 6.18. The van der Waals surface area contributed by atoms with Gasteiger partial charge < -0.3 is 10.4 Å². The number of hydrogen-bond acceptors (Lipinski definition) is 4. The van der Waals surface area contributed by atoms with Crippen LogP contribution in [-0.2, 0) is 13.1 Å². The summed E-state index contributed by atoms with van der Waals surface area (Å²) in [6.45, 7) is 3.32. The largest absolute Gasteiger partial charge is 0.394 e. The third-order valence-corrected chi connectivity index (χ3v) is 3.40. The third-order valence-electron chi connectivity index (χ3n) is 2.87. The molecule has 1 unspecified atom stereocenters. The van der Waals surface area contributed by atoms with E-state index in [1.165, 1.54) is 5.56 Å². The average Bonchev–Trinajstić information content (AvgIpc) is 2.85. The summed E-state index contributed by atoms with van der Waals surface area (Å²) in [4.78, 5) is 0. The van der Waals surface area contributed by atoms with Crippen molar-refractivity contribution in [2.75, 3.05) is 6.61 Å². The van der Waals surface area contributed by atoms with E-state index in [0.717, 1.165) is 10.2 Å². The lowest BCUT2D eigenvalue weighted by Gasteiger charge is -2.13. The molecule has 5 nitrogen and oxygen atoms in total. The summed E-state index contributed by atoms with van der Waals surface area (Å²) in [5, 5.41) is 20.2. The van der Waals surface area contributed by atoms with E-state index in [2.05, 4.69) is 50.6 Å². The summed E-state index contributed by atoms with van der Waals surface area (Å²) in [7, 11) is 0. The zero-order valence-corrected chi connectivity index (χ0v) is 12.3. The Labute approximate surface area is 120 Å². The summed E-state index contributed by atoms with van der Waals surface area (Å²) >= 11 is 3.43. The van der Waals surface area contributed by atoms with Crippen LogP contribution < -0.4 is 5.32 Å². The third kappa shape index (κ3) is 4.12. The van der Waals surface area contributed by atoms with Crippen LogP contribution in [0, 0.1) is 0 Å². The maximum absolute atomic E-state index is 8.81. The number of halogens is 1. The van der Waals surface area contributed by atoms with Crippen molar-refractivity contribution in [2.24, 2.45) is 0 Å². The van der Waals surface area contributed by atoms with Gasteiger partial charge in [0.15, 0.2) is 0 Å². The summed E-state index contributed by atoms with van der Waals surface area (Å²) < 4.78 is 2.72. The lowest BCUT2D eigenvalue weighted by Crippen LogP contribution is -2.18. The Bertz CT molecular complexity index is 512. The van der Waals surface area contributed by atoms with Gasteiger partial charge in [-0.05, 0) is 24.6 Å². The van der Waals surface area contributed by atoms with Crippen LogP contribution in [0.1, 0.15) is 24.2 Å². The molecular formula is C13H17BrN4O. The average molecular weight is 325 g/mol. The van der Waals surface area contributed by atoms with E-state index in [0.29, 0.717) is 13.1 Å². The highest BCUT2D eigenvalue weighted by Crippen LogP contribution is 2.16. The van der Waals surface area contributed by atoms with Crippen LogP contribution in [0.3, 0.4) is 0 Å². The Morgan fingerprint density at radius 1 is 1.37 bits per heavy atom. The van der Waals surface area contributed by atoms with E-state index in [1.807, 2.05) is 18.3 Å². The van der Waals surface area contributed by atoms with E-state index in [9.17, 15) is 0 Å². The Morgan fingerprint density at radius 3 is 2.79 bits per heavy atom. The SMILES string of the molecule is CC(NCc1cn(CCO)nn1)c1ccc(Br)cc1. The van der Waals surface area contributed by atoms with Crippen molar-refractivity contribution in [3.8, 4) is 0 Å². The van der Waals surface area contributed by atoms with Gasteiger partial charge in [0.1, 0.15) is 0 Å². The second-order valence-electron chi connectivity index (χ2n) is 4.35. The fourth-order valence-electron chi connectivity index (χ4n) is 1.76. The Hall–Kier alpha value is -1.24. The Morgan fingerprint density at radius 2 is 2.11 bits per heavy atom. The number of nitrogens with one attached hydrogen (secondary N) is 1. The number of rotatable bonds is 6. The second kappa shape index (κ2) is 6.79. The molecule has 2 N–H and O–H groups in total. The van der Waals surface area contributed by atoms with Crippen LogP contribution in [-0.4, -0.2) is 26.7 Å². The lowest BCUT2D eigenvalue weighted by molar-refractivity contribution is 0.268. The van der Waals surface area contributed by atoms with Crippen molar-refractivity contribution >= 4 is 15.9 Å². The molecule has 0 bridgehead atoms. The molecule has 0 aliphatic rings. The van der Waals surface area contributed by atoms with Crippen molar-refractivity contribution in [1.29, 1.82) is 0 Å². The van der Waals surface area contributed by atoms with Crippen LogP contribution in [0.4, 0.5) is 0 Å². The fraction of sp³-hybridized carbons (Fsp3) is 0.385. The first kappa shape index (κ1) is 14.2. The number of nitrogens with zero attached hydrogens (tertiary/aromatic N) is 3. The van der Waals surface area contributed by atoms with E-state index < -0.39 is 0 Å². The van der Waals surface area contributed by atoms with Gasteiger partial charge in [0.2, 0.25) is 0 Å². The summed E-state index contributed by atoms with van der Waals surface area (Å²) in [5.74, 6) is 0. The van der Waals surface area contributed by atoms with Crippen LogP contribution in [0.15, 0.2) is 34.9 Å². The van der Waals surface area contributed by atoms with Gasteiger partial charge in [-0.1, -0.05) is 33.3 Å². The van der Waals surface area contributed by atoms with Gasteiger partial charge in [0, 0.05) is 23.3 Å². The zero-order valence-electron chi connectivity index (χ0n) is 10.8. The molecule has 2 aromatic rings. The number of benzene rings is 1. The van der Waals surface area contributed by atoms with E-state index in [1.54, 1.807) is 4.68 Å². The van der Waals surface area contributed by atoms with Gasteiger partial charge in [-0.3, -0.25) is 0 Å². The molecule has 2 rings (SSSR count). The highest BCUT2D eigenvalue weighted by Gasteiger charge is 2.06. The van der Waals surface area contributed by atoms with E-state index in [4.69, 9.17) is 5.11 Å². The van der Waals surface area contributed by atoms with Crippen LogP contribution in [0.5, 0.6) is 0 Å². The molecule has 1 atom stereocenters. The molecule has 1 heterocycles. The van der Waals surface area contributed by atoms with Gasteiger partial charge in [-0.15, -0.1) is 5.10 Å². The molecule has 19 heavy (non-hydrogen) atoms. The molecule has 0 radical (unpaired) electrons. The minimum Gasteiger partial charge on any atom is -0.394 e. The molecule has 6 heteroatoms. The minimum atomic E-state index is 0.0749. The molecule has 1 aromatic heterocycles. The standard InChI is InChI=1S/C13H17BrN4O/c1-10(11-2-4-12(14)5-3-11)15-8-13-9-18(6-7-19)17-16-13/h2-5,9-10,15,19H,6-8H2,1H3. The summed E-state index contributed by atoms with van der Waals surface area (Å²) in [6.07, 6.45) is 1.84. The van der Waals surface area contributed by atoms with Gasteiger partial charge in [-0.2, -0.15) is 0 Å². The molecule has 0 fully saturated rings. The van der Waals surface area contributed by atoms with Crippen molar-refractivity contribution in [1.82, 2.24) is 20.3 Å². The molecule has 0 aliphatic heterocycles. The minimum absolute atomic E-state index is 0.0749. The van der Waals surface area contributed by atoms with Gasteiger partial charge in [0.05, 0.1) is 18.8 Å². The first-order valence-corrected chi connectivity index (χ1v) is 6.97. The fourth-order valence-corrected chi connectivity index (χ4v) is 2.02.